The SMILES string of the molecule is CC(C)(C)OC(=O)N[C@@H](Cc1ccc2oc(-c3ccccc3)c(-c3ccccc3)c(=O)c2c1)C(=O)OC(C)(C)C. The molecule has 0 unspecified atom stereocenters. The second kappa shape index (κ2) is 11.4. The highest BCUT2D eigenvalue weighted by Gasteiger charge is 2.29. The summed E-state index contributed by atoms with van der Waals surface area (Å²) in [7, 11) is 0. The van der Waals surface area contributed by atoms with Crippen LogP contribution in [-0.2, 0) is 20.7 Å². The fourth-order valence-corrected chi connectivity index (χ4v) is 4.28. The molecule has 1 N–H and O–H groups in total. The number of hydrogen-bond acceptors (Lipinski definition) is 6. The molecular formula is C33H35NO6. The minimum atomic E-state index is -1.03. The number of nitrogens with one attached hydrogen (secondary N) is 1. The Bertz CT molecular complexity index is 1560. The number of hydrogen-bond donors (Lipinski definition) is 1. The van der Waals surface area contributed by atoms with Gasteiger partial charge in [0.1, 0.15) is 28.6 Å². The number of rotatable bonds is 6. The highest BCUT2D eigenvalue weighted by molar-refractivity contribution is 5.89. The van der Waals surface area contributed by atoms with Gasteiger partial charge < -0.3 is 19.2 Å². The lowest BCUT2D eigenvalue weighted by molar-refractivity contribution is -0.157. The molecule has 4 rings (SSSR count). The molecule has 0 aliphatic carbocycles. The predicted molar refractivity (Wildman–Crippen MR) is 156 cm³/mol. The van der Waals surface area contributed by atoms with Gasteiger partial charge in [0.05, 0.1) is 10.9 Å². The molecule has 40 heavy (non-hydrogen) atoms. The largest absolute Gasteiger partial charge is 0.458 e. The monoisotopic (exact) mass is 541 g/mol. The number of carbonyl (C=O) groups excluding carboxylic acids is 2. The van der Waals surface area contributed by atoms with Crippen LogP contribution >= 0.6 is 0 Å². The molecule has 0 aliphatic heterocycles. The van der Waals surface area contributed by atoms with E-state index >= 15 is 0 Å². The molecule has 0 bridgehead atoms. The van der Waals surface area contributed by atoms with Gasteiger partial charge in [0.15, 0.2) is 0 Å². The van der Waals surface area contributed by atoms with Crippen molar-refractivity contribution in [1.82, 2.24) is 5.32 Å². The molecule has 0 aliphatic rings. The van der Waals surface area contributed by atoms with Crippen LogP contribution in [0.4, 0.5) is 4.79 Å². The molecule has 1 aromatic heterocycles. The standard InChI is InChI=1S/C33H35NO6/c1-32(2,3)39-30(36)25(34-31(37)40-33(4,5)6)20-21-17-18-26-24(19-21)28(35)27(22-13-9-7-10-14-22)29(38-26)23-15-11-8-12-16-23/h7-19,25H,20H2,1-6H3,(H,34,37)/t25-/m0/s1. The van der Waals surface area contributed by atoms with E-state index < -0.39 is 29.3 Å². The van der Waals surface area contributed by atoms with Crippen molar-refractivity contribution in [1.29, 1.82) is 0 Å². The first-order valence-electron chi connectivity index (χ1n) is 13.2. The van der Waals surface area contributed by atoms with Crippen molar-refractivity contribution in [2.24, 2.45) is 0 Å². The first kappa shape index (κ1) is 28.6. The molecule has 0 saturated carbocycles. The van der Waals surface area contributed by atoms with Gasteiger partial charge in [-0.25, -0.2) is 9.59 Å². The maximum atomic E-state index is 14.0. The van der Waals surface area contributed by atoms with E-state index in [2.05, 4.69) is 5.32 Å². The highest BCUT2D eigenvalue weighted by atomic mass is 16.6. The van der Waals surface area contributed by atoms with Crippen LogP contribution in [0.5, 0.6) is 0 Å². The molecular weight excluding hydrogens is 506 g/mol. The van der Waals surface area contributed by atoms with Crippen molar-refractivity contribution in [2.45, 2.75) is 65.2 Å². The van der Waals surface area contributed by atoms with E-state index in [4.69, 9.17) is 13.9 Å². The normalized spacial score (nSPS) is 12.6. The van der Waals surface area contributed by atoms with Gasteiger partial charge in [0, 0.05) is 12.0 Å². The smallest absolute Gasteiger partial charge is 0.408 e. The molecule has 7 nitrogen and oxygen atoms in total. The van der Waals surface area contributed by atoms with Crippen molar-refractivity contribution < 1.29 is 23.5 Å². The van der Waals surface area contributed by atoms with Gasteiger partial charge in [-0.2, -0.15) is 0 Å². The number of ether oxygens (including phenoxy) is 2. The number of fused-ring (bicyclic) bond motifs is 1. The predicted octanol–water partition coefficient (Wildman–Crippen LogP) is 6.90. The second-order valence-corrected chi connectivity index (χ2v) is 11.6. The van der Waals surface area contributed by atoms with Gasteiger partial charge in [0.2, 0.25) is 5.43 Å². The summed E-state index contributed by atoms with van der Waals surface area (Å²) in [6.07, 6.45) is -0.646. The lowest BCUT2D eigenvalue weighted by Crippen LogP contribution is -2.47. The zero-order valence-corrected chi connectivity index (χ0v) is 23.7. The molecule has 4 aromatic rings. The molecule has 0 fully saturated rings. The fourth-order valence-electron chi connectivity index (χ4n) is 4.28. The van der Waals surface area contributed by atoms with E-state index in [-0.39, 0.29) is 11.8 Å². The van der Waals surface area contributed by atoms with E-state index in [9.17, 15) is 14.4 Å². The number of carbonyl (C=O) groups is 2. The van der Waals surface area contributed by atoms with E-state index in [0.29, 0.717) is 27.9 Å². The Kier molecular flexibility index (Phi) is 8.14. The molecule has 7 heteroatoms. The van der Waals surface area contributed by atoms with Crippen LogP contribution in [0.3, 0.4) is 0 Å². The van der Waals surface area contributed by atoms with E-state index in [1.54, 1.807) is 59.7 Å². The fraction of sp³-hybridized carbons (Fsp3) is 0.303. The Balaban J connectivity index is 1.77. The summed E-state index contributed by atoms with van der Waals surface area (Å²) in [6, 6.07) is 23.0. The van der Waals surface area contributed by atoms with Crippen LogP contribution in [0.1, 0.15) is 47.1 Å². The Morgan fingerprint density at radius 2 is 1.38 bits per heavy atom. The summed E-state index contributed by atoms with van der Waals surface area (Å²) >= 11 is 0. The molecule has 0 radical (unpaired) electrons. The number of alkyl carbamates (subject to hydrolysis) is 1. The zero-order valence-electron chi connectivity index (χ0n) is 23.7. The second-order valence-electron chi connectivity index (χ2n) is 11.6. The van der Waals surface area contributed by atoms with E-state index in [1.165, 1.54) is 0 Å². The molecule has 1 atom stereocenters. The molecule has 208 valence electrons. The number of benzene rings is 3. The zero-order chi connectivity index (χ0) is 29.1. The van der Waals surface area contributed by atoms with Crippen molar-refractivity contribution >= 4 is 23.0 Å². The van der Waals surface area contributed by atoms with Gasteiger partial charge in [0.25, 0.3) is 0 Å². The van der Waals surface area contributed by atoms with Crippen LogP contribution in [0.25, 0.3) is 33.4 Å². The molecule has 0 spiro atoms. The number of esters is 1. The van der Waals surface area contributed by atoms with Gasteiger partial charge in [-0.1, -0.05) is 66.7 Å². The van der Waals surface area contributed by atoms with Crippen LogP contribution in [-0.4, -0.2) is 29.3 Å². The topological polar surface area (TPSA) is 94.8 Å². The Morgan fingerprint density at radius 3 is 1.95 bits per heavy atom. The summed E-state index contributed by atoms with van der Waals surface area (Å²) in [4.78, 5) is 39.6. The van der Waals surface area contributed by atoms with Crippen molar-refractivity contribution in [3.63, 3.8) is 0 Å². The molecule has 1 heterocycles. The summed E-state index contributed by atoms with van der Waals surface area (Å²) in [6.45, 7) is 10.5. The average Bonchev–Trinajstić information content (AvgIpc) is 2.87. The highest BCUT2D eigenvalue weighted by Crippen LogP contribution is 2.32. The Labute approximate surface area is 234 Å². The lowest BCUT2D eigenvalue weighted by atomic mass is 9.97. The maximum Gasteiger partial charge on any atom is 0.408 e. The van der Waals surface area contributed by atoms with Gasteiger partial charge in [-0.3, -0.25) is 4.79 Å². The first-order valence-corrected chi connectivity index (χ1v) is 13.2. The van der Waals surface area contributed by atoms with Crippen molar-refractivity contribution in [3.8, 4) is 22.5 Å². The molecule has 1 amide bonds. The first-order chi connectivity index (χ1) is 18.8. The quantitative estimate of drug-likeness (QED) is 0.267. The summed E-state index contributed by atoms with van der Waals surface area (Å²) < 4.78 is 17.3. The summed E-state index contributed by atoms with van der Waals surface area (Å²) in [5.74, 6) is -0.120. The minimum Gasteiger partial charge on any atom is -0.458 e. The lowest BCUT2D eigenvalue weighted by Gasteiger charge is -2.26. The van der Waals surface area contributed by atoms with Crippen LogP contribution in [0, 0.1) is 0 Å². The average molecular weight is 542 g/mol. The van der Waals surface area contributed by atoms with Gasteiger partial charge >= 0.3 is 12.1 Å². The third-order valence-corrected chi connectivity index (χ3v) is 5.88. The van der Waals surface area contributed by atoms with E-state index in [1.807, 2.05) is 60.7 Å². The molecule has 0 saturated heterocycles. The third-order valence-electron chi connectivity index (χ3n) is 5.88. The van der Waals surface area contributed by atoms with Crippen molar-refractivity contribution in [3.05, 3.63) is 94.6 Å². The van der Waals surface area contributed by atoms with Gasteiger partial charge in [-0.15, -0.1) is 0 Å². The summed E-state index contributed by atoms with van der Waals surface area (Å²) in [5, 5.41) is 3.01. The van der Waals surface area contributed by atoms with Crippen LogP contribution in [0.15, 0.2) is 88.1 Å². The number of amides is 1. The Hall–Kier alpha value is -4.39. The van der Waals surface area contributed by atoms with Crippen molar-refractivity contribution in [2.75, 3.05) is 0 Å². The molecule has 3 aromatic carbocycles. The third kappa shape index (κ3) is 7.17. The minimum absolute atomic E-state index is 0.0879. The van der Waals surface area contributed by atoms with Gasteiger partial charge in [-0.05, 0) is 64.8 Å². The summed E-state index contributed by atoms with van der Waals surface area (Å²) in [5.41, 5.74) is 1.35. The van der Waals surface area contributed by atoms with E-state index in [0.717, 1.165) is 11.1 Å². The van der Waals surface area contributed by atoms with Crippen LogP contribution < -0.4 is 10.7 Å². The Morgan fingerprint density at radius 1 is 0.800 bits per heavy atom. The maximum absolute atomic E-state index is 14.0. The van der Waals surface area contributed by atoms with Crippen LogP contribution in [0.2, 0.25) is 0 Å².